The fourth-order valence-electron chi connectivity index (χ4n) is 1.08. The predicted octanol–water partition coefficient (Wildman–Crippen LogP) is -1.42. The lowest BCUT2D eigenvalue weighted by Gasteiger charge is -1.90. The number of nitrogens with zero attached hydrogens (tertiary/aromatic N) is 2. The van der Waals surface area contributed by atoms with E-state index in [1.165, 1.54) is 5.52 Å². The number of para-hydroxylation sites is 2. The van der Waals surface area contributed by atoms with Gasteiger partial charge in [-0.05, 0) is 12.1 Å². The van der Waals surface area contributed by atoms with Crippen molar-refractivity contribution in [2.75, 3.05) is 0 Å². The molecule has 0 spiro atoms. The summed E-state index contributed by atoms with van der Waals surface area (Å²) in [5.74, 6) is 0. The number of halogens is 1. The van der Waals surface area contributed by atoms with Crippen molar-refractivity contribution in [1.29, 1.82) is 0 Å². The van der Waals surface area contributed by atoms with E-state index in [4.69, 9.17) is 0 Å². The summed E-state index contributed by atoms with van der Waals surface area (Å²) in [4.78, 5) is 4.18. The van der Waals surface area contributed by atoms with Crippen LogP contribution in [0.15, 0.2) is 30.6 Å². The summed E-state index contributed by atoms with van der Waals surface area (Å²) in [7, 11) is 2.00. The molecule has 2 rings (SSSR count). The Labute approximate surface area is 75.6 Å². The van der Waals surface area contributed by atoms with Crippen LogP contribution in [0.1, 0.15) is 0 Å². The molecule has 0 radical (unpaired) electrons. The molecule has 2 aromatic rings. The molecule has 2 nitrogen and oxygen atoms in total. The molecular formula is C8H8BrN2-. The van der Waals surface area contributed by atoms with Crippen LogP contribution in [-0.4, -0.2) is 9.55 Å². The van der Waals surface area contributed by atoms with Gasteiger partial charge in [-0.3, -0.25) is 0 Å². The van der Waals surface area contributed by atoms with Crippen molar-refractivity contribution in [2.24, 2.45) is 7.05 Å². The first-order chi connectivity index (χ1) is 4.88. The van der Waals surface area contributed by atoms with Crippen molar-refractivity contribution in [3.63, 3.8) is 0 Å². The molecule has 0 unspecified atom stereocenters. The summed E-state index contributed by atoms with van der Waals surface area (Å²) < 4.78 is 2.01. The lowest BCUT2D eigenvalue weighted by Crippen LogP contribution is -3.00. The van der Waals surface area contributed by atoms with Crippen LogP contribution in [0.3, 0.4) is 0 Å². The third-order valence-electron chi connectivity index (χ3n) is 1.63. The van der Waals surface area contributed by atoms with E-state index < -0.39 is 0 Å². The maximum atomic E-state index is 4.18. The number of benzene rings is 1. The Hall–Kier alpha value is -0.830. The monoisotopic (exact) mass is 211 g/mol. The molecule has 0 N–H and O–H groups in total. The van der Waals surface area contributed by atoms with E-state index in [2.05, 4.69) is 11.1 Å². The second-order valence-electron chi connectivity index (χ2n) is 2.34. The molecule has 0 saturated heterocycles. The molecule has 0 saturated carbocycles. The molecule has 0 bridgehead atoms. The van der Waals surface area contributed by atoms with Gasteiger partial charge in [0.05, 0.1) is 17.4 Å². The Bertz CT molecular complexity index is 354. The van der Waals surface area contributed by atoms with Gasteiger partial charge in [0.25, 0.3) is 0 Å². The first-order valence-electron chi connectivity index (χ1n) is 3.24. The van der Waals surface area contributed by atoms with E-state index >= 15 is 0 Å². The first-order valence-corrected chi connectivity index (χ1v) is 3.24. The molecule has 0 atom stereocenters. The van der Waals surface area contributed by atoms with Crippen LogP contribution in [0.2, 0.25) is 0 Å². The van der Waals surface area contributed by atoms with Crippen molar-refractivity contribution in [2.45, 2.75) is 0 Å². The molecule has 1 heterocycles. The lowest BCUT2D eigenvalue weighted by atomic mass is 10.3. The fraction of sp³-hybridized carbons (Fsp3) is 0.125. The number of aryl methyl sites for hydroxylation is 1. The average Bonchev–Trinajstić information content (AvgIpc) is 2.34. The van der Waals surface area contributed by atoms with Crippen LogP contribution in [0.4, 0.5) is 0 Å². The number of aromatic nitrogens is 2. The molecule has 3 heteroatoms. The van der Waals surface area contributed by atoms with Crippen LogP contribution in [0.5, 0.6) is 0 Å². The Kier molecular flexibility index (Phi) is 2.29. The zero-order chi connectivity index (χ0) is 6.97. The van der Waals surface area contributed by atoms with Crippen LogP contribution >= 0.6 is 0 Å². The topological polar surface area (TPSA) is 17.8 Å². The SMILES string of the molecule is Cn1cnc2ccccc21.[Br-]. The summed E-state index contributed by atoms with van der Waals surface area (Å²) in [5.41, 5.74) is 2.24. The number of rotatable bonds is 0. The van der Waals surface area contributed by atoms with Crippen molar-refractivity contribution in [1.82, 2.24) is 9.55 Å². The van der Waals surface area contributed by atoms with Gasteiger partial charge in [0.1, 0.15) is 0 Å². The molecule has 58 valence electrons. The largest absolute Gasteiger partial charge is 1.00 e. The summed E-state index contributed by atoms with van der Waals surface area (Å²) in [5, 5.41) is 0. The van der Waals surface area contributed by atoms with E-state index in [-0.39, 0.29) is 17.0 Å². The number of fused-ring (bicyclic) bond motifs is 1. The van der Waals surface area contributed by atoms with Crippen LogP contribution < -0.4 is 17.0 Å². The predicted molar refractivity (Wildman–Crippen MR) is 40.7 cm³/mol. The minimum Gasteiger partial charge on any atom is -1.00 e. The average molecular weight is 212 g/mol. The molecule has 1 aromatic heterocycles. The minimum absolute atomic E-state index is 0. The summed E-state index contributed by atoms with van der Waals surface area (Å²) in [6.45, 7) is 0. The fourth-order valence-corrected chi connectivity index (χ4v) is 1.08. The highest BCUT2D eigenvalue weighted by Crippen LogP contribution is 2.08. The zero-order valence-corrected chi connectivity index (χ0v) is 7.75. The second-order valence-corrected chi connectivity index (χ2v) is 2.34. The molecule has 0 fully saturated rings. The minimum atomic E-state index is 0. The lowest BCUT2D eigenvalue weighted by molar-refractivity contribution is -0.00000211. The van der Waals surface area contributed by atoms with Crippen molar-refractivity contribution in [3.05, 3.63) is 30.6 Å². The smallest absolute Gasteiger partial charge is 0.0955 e. The third kappa shape index (κ3) is 1.28. The van der Waals surface area contributed by atoms with E-state index in [1.54, 1.807) is 0 Å². The first kappa shape index (κ1) is 8.27. The van der Waals surface area contributed by atoms with E-state index in [1.807, 2.05) is 36.1 Å². The molecule has 0 aliphatic rings. The van der Waals surface area contributed by atoms with Crippen molar-refractivity contribution in [3.8, 4) is 0 Å². The highest BCUT2D eigenvalue weighted by Gasteiger charge is 1.93. The number of imidazole rings is 1. The molecule has 0 aliphatic heterocycles. The number of hydrogen-bond donors (Lipinski definition) is 0. The normalized spacial score (nSPS) is 9.55. The standard InChI is InChI=1S/C8H8N2.BrH/c1-10-6-9-7-4-2-3-5-8(7)10;/h2-6H,1H3;1H/p-1. The van der Waals surface area contributed by atoms with E-state index in [9.17, 15) is 0 Å². The van der Waals surface area contributed by atoms with Crippen LogP contribution in [-0.2, 0) is 7.05 Å². The quantitative estimate of drug-likeness (QED) is 0.524. The van der Waals surface area contributed by atoms with E-state index in [0.717, 1.165) is 5.52 Å². The molecule has 1 aromatic carbocycles. The maximum absolute atomic E-state index is 4.18. The zero-order valence-electron chi connectivity index (χ0n) is 6.16. The maximum Gasteiger partial charge on any atom is 0.0955 e. The van der Waals surface area contributed by atoms with Crippen LogP contribution in [0, 0.1) is 0 Å². The number of hydrogen-bond acceptors (Lipinski definition) is 1. The molecule has 0 amide bonds. The Balaban J connectivity index is 0.000000605. The molecule has 0 aliphatic carbocycles. The van der Waals surface area contributed by atoms with Gasteiger partial charge in [-0.1, -0.05) is 12.1 Å². The van der Waals surface area contributed by atoms with Gasteiger partial charge in [0.2, 0.25) is 0 Å². The Morgan fingerprint density at radius 2 is 2.00 bits per heavy atom. The van der Waals surface area contributed by atoms with Gasteiger partial charge in [-0.2, -0.15) is 0 Å². The summed E-state index contributed by atoms with van der Waals surface area (Å²) >= 11 is 0. The highest BCUT2D eigenvalue weighted by molar-refractivity contribution is 5.74. The van der Waals surface area contributed by atoms with Gasteiger partial charge in [0.15, 0.2) is 0 Å². The van der Waals surface area contributed by atoms with Gasteiger partial charge in [0, 0.05) is 7.05 Å². The Morgan fingerprint density at radius 3 is 2.73 bits per heavy atom. The second kappa shape index (κ2) is 3.05. The van der Waals surface area contributed by atoms with Gasteiger partial charge in [-0.25, -0.2) is 4.98 Å². The van der Waals surface area contributed by atoms with Crippen molar-refractivity contribution >= 4 is 11.0 Å². The van der Waals surface area contributed by atoms with Crippen LogP contribution in [0.25, 0.3) is 11.0 Å². The van der Waals surface area contributed by atoms with Gasteiger partial charge < -0.3 is 21.5 Å². The Morgan fingerprint density at radius 1 is 1.27 bits per heavy atom. The third-order valence-corrected chi connectivity index (χ3v) is 1.63. The summed E-state index contributed by atoms with van der Waals surface area (Å²) in [6, 6.07) is 8.08. The van der Waals surface area contributed by atoms with E-state index in [0.29, 0.717) is 0 Å². The van der Waals surface area contributed by atoms with Crippen molar-refractivity contribution < 1.29 is 17.0 Å². The molecule has 11 heavy (non-hydrogen) atoms. The van der Waals surface area contributed by atoms with Gasteiger partial charge >= 0.3 is 0 Å². The molecular weight excluding hydrogens is 204 g/mol. The summed E-state index contributed by atoms with van der Waals surface area (Å²) in [6.07, 6.45) is 1.82. The van der Waals surface area contributed by atoms with Gasteiger partial charge in [-0.15, -0.1) is 0 Å². The highest BCUT2D eigenvalue weighted by atomic mass is 79.9.